The molecule has 1 aliphatic heterocycles. The lowest BCUT2D eigenvalue weighted by molar-refractivity contribution is -0.116. The maximum Gasteiger partial charge on any atom is 0.227 e. The number of pyridine rings is 1. The van der Waals surface area contributed by atoms with Gasteiger partial charge in [-0.15, -0.1) is 16.4 Å². The highest BCUT2D eigenvalue weighted by molar-refractivity contribution is 7.98. The number of halogens is 1. The molecule has 0 spiro atoms. The fourth-order valence-corrected chi connectivity index (χ4v) is 6.25. The Morgan fingerprint density at radius 2 is 2.00 bits per heavy atom. The van der Waals surface area contributed by atoms with Crippen LogP contribution < -0.4 is 5.32 Å². The molecule has 0 radical (unpaired) electrons. The van der Waals surface area contributed by atoms with Crippen molar-refractivity contribution in [2.75, 3.05) is 5.32 Å². The fourth-order valence-electron chi connectivity index (χ4n) is 4.55. The number of nitrogens with zero attached hydrogens (tertiary/aromatic N) is 4. The molecule has 0 amide bonds. The van der Waals surface area contributed by atoms with Gasteiger partial charge >= 0.3 is 0 Å². The van der Waals surface area contributed by atoms with Crippen LogP contribution in [-0.2, 0) is 10.5 Å². The minimum atomic E-state index is -0.336. The first-order valence-corrected chi connectivity index (χ1v) is 13.2. The van der Waals surface area contributed by atoms with Crippen molar-refractivity contribution in [3.05, 3.63) is 98.6 Å². The first-order chi connectivity index (χ1) is 16.7. The van der Waals surface area contributed by atoms with Gasteiger partial charge in [-0.2, -0.15) is 4.98 Å². The molecule has 4 aromatic rings. The minimum absolute atomic E-state index is 0.149. The molecule has 6 nitrogen and oxygen atoms in total. The highest BCUT2D eigenvalue weighted by Gasteiger charge is 2.40. The third kappa shape index (κ3) is 4.06. The molecule has 9 heteroatoms. The lowest BCUT2D eigenvalue weighted by Crippen LogP contribution is -2.33. The summed E-state index contributed by atoms with van der Waals surface area (Å²) in [5, 5.41) is 11.6. The van der Waals surface area contributed by atoms with Crippen LogP contribution in [0.2, 0.25) is 5.02 Å². The third-order valence-corrected chi connectivity index (χ3v) is 8.26. The van der Waals surface area contributed by atoms with Gasteiger partial charge in [-0.25, -0.2) is 4.68 Å². The number of benzene rings is 1. The third-order valence-electron chi connectivity index (χ3n) is 6.11. The molecular weight excluding hydrogens is 486 g/mol. The number of aromatic nitrogens is 4. The van der Waals surface area contributed by atoms with Crippen molar-refractivity contribution in [2.24, 2.45) is 0 Å². The zero-order chi connectivity index (χ0) is 23.1. The number of Topliss-reactive ketones (excluding diaryl/α,β-unsaturated/α-hetero) is 1. The summed E-state index contributed by atoms with van der Waals surface area (Å²) >= 11 is 9.40. The Kier molecular flexibility index (Phi) is 5.72. The van der Waals surface area contributed by atoms with Crippen LogP contribution in [0.25, 0.3) is 0 Å². The Labute approximate surface area is 210 Å². The van der Waals surface area contributed by atoms with Crippen LogP contribution in [0, 0.1) is 0 Å². The summed E-state index contributed by atoms with van der Waals surface area (Å²) in [7, 11) is 0. The van der Waals surface area contributed by atoms with Gasteiger partial charge in [0.1, 0.15) is 6.04 Å². The lowest BCUT2D eigenvalue weighted by atomic mass is 9.80. The number of hydrogen-bond donors (Lipinski definition) is 1. The number of allylic oxidation sites excluding steroid dienone is 2. The SMILES string of the molecule is O=C1CC(c2cccs2)CC2=C1C(c1ccc(Cl)cc1)n1nc(SCc3ccccn3)nc1N2. The van der Waals surface area contributed by atoms with Crippen molar-refractivity contribution < 1.29 is 4.79 Å². The van der Waals surface area contributed by atoms with E-state index in [2.05, 4.69) is 21.7 Å². The molecule has 0 saturated heterocycles. The van der Waals surface area contributed by atoms with Crippen LogP contribution in [0.1, 0.15) is 40.9 Å². The van der Waals surface area contributed by atoms with Crippen LogP contribution in [0.4, 0.5) is 5.95 Å². The van der Waals surface area contributed by atoms with E-state index in [1.807, 2.05) is 53.2 Å². The van der Waals surface area contributed by atoms with Gasteiger partial charge in [-0.05, 0) is 47.7 Å². The molecule has 1 aliphatic carbocycles. The van der Waals surface area contributed by atoms with E-state index in [1.165, 1.54) is 16.6 Å². The minimum Gasteiger partial charge on any atom is -0.328 e. The molecule has 2 atom stereocenters. The molecule has 3 aromatic heterocycles. The highest BCUT2D eigenvalue weighted by atomic mass is 35.5. The first-order valence-electron chi connectivity index (χ1n) is 11.0. The normalized spacial score (nSPS) is 19.5. The van der Waals surface area contributed by atoms with Crippen LogP contribution in [-0.4, -0.2) is 25.5 Å². The molecule has 170 valence electrons. The molecule has 6 rings (SSSR count). The zero-order valence-corrected chi connectivity index (χ0v) is 20.4. The number of carbonyl (C=O) groups excluding carboxylic acids is 1. The van der Waals surface area contributed by atoms with Crippen molar-refractivity contribution in [1.82, 2.24) is 19.7 Å². The van der Waals surface area contributed by atoms with E-state index in [0.29, 0.717) is 28.3 Å². The van der Waals surface area contributed by atoms with Crippen molar-refractivity contribution in [3.63, 3.8) is 0 Å². The average Bonchev–Trinajstić information content (AvgIpc) is 3.53. The molecule has 4 heterocycles. The van der Waals surface area contributed by atoms with Crippen molar-refractivity contribution in [3.8, 4) is 0 Å². The van der Waals surface area contributed by atoms with Gasteiger partial charge in [0, 0.05) is 45.5 Å². The van der Waals surface area contributed by atoms with Crippen LogP contribution in [0.3, 0.4) is 0 Å². The average molecular weight is 506 g/mol. The molecule has 0 saturated carbocycles. The molecule has 34 heavy (non-hydrogen) atoms. The van der Waals surface area contributed by atoms with E-state index in [0.717, 1.165) is 28.9 Å². The van der Waals surface area contributed by atoms with Gasteiger partial charge in [0.2, 0.25) is 11.1 Å². The Morgan fingerprint density at radius 3 is 2.76 bits per heavy atom. The number of carbonyl (C=O) groups is 1. The fraction of sp³-hybridized carbons (Fsp3) is 0.200. The number of fused-ring (bicyclic) bond motifs is 1. The van der Waals surface area contributed by atoms with E-state index in [4.69, 9.17) is 21.7 Å². The number of nitrogens with one attached hydrogen (secondary N) is 1. The zero-order valence-electron chi connectivity index (χ0n) is 18.0. The number of anilines is 1. The lowest BCUT2D eigenvalue weighted by Gasteiger charge is -2.34. The quantitative estimate of drug-likeness (QED) is 0.330. The number of hydrogen-bond acceptors (Lipinski definition) is 7. The van der Waals surface area contributed by atoms with Gasteiger partial charge in [0.05, 0.1) is 5.69 Å². The second-order valence-corrected chi connectivity index (χ2v) is 10.6. The molecule has 0 bridgehead atoms. The number of thiophene rings is 1. The topological polar surface area (TPSA) is 72.7 Å². The summed E-state index contributed by atoms with van der Waals surface area (Å²) in [6.07, 6.45) is 3.05. The maximum absolute atomic E-state index is 13.5. The van der Waals surface area contributed by atoms with E-state index in [-0.39, 0.29) is 17.7 Å². The van der Waals surface area contributed by atoms with Gasteiger partial charge in [0.25, 0.3) is 0 Å². The van der Waals surface area contributed by atoms with E-state index < -0.39 is 0 Å². The Balaban J connectivity index is 1.37. The van der Waals surface area contributed by atoms with Crippen LogP contribution in [0.5, 0.6) is 0 Å². The molecule has 1 N–H and O–H groups in total. The highest BCUT2D eigenvalue weighted by Crippen LogP contribution is 2.45. The predicted octanol–water partition coefficient (Wildman–Crippen LogP) is 6.10. The van der Waals surface area contributed by atoms with Gasteiger partial charge in [-0.3, -0.25) is 9.78 Å². The summed E-state index contributed by atoms with van der Waals surface area (Å²) in [5.41, 5.74) is 3.65. The Bertz CT molecular complexity index is 1370. The summed E-state index contributed by atoms with van der Waals surface area (Å²) in [6.45, 7) is 0. The Hall–Kier alpha value is -2.94. The van der Waals surface area contributed by atoms with E-state index >= 15 is 0 Å². The van der Waals surface area contributed by atoms with Crippen LogP contribution >= 0.6 is 34.7 Å². The van der Waals surface area contributed by atoms with Gasteiger partial charge in [0.15, 0.2) is 5.78 Å². The van der Waals surface area contributed by atoms with E-state index in [9.17, 15) is 4.79 Å². The molecule has 1 aromatic carbocycles. The van der Waals surface area contributed by atoms with Crippen molar-refractivity contribution >= 4 is 46.4 Å². The summed E-state index contributed by atoms with van der Waals surface area (Å²) in [5.74, 6) is 1.65. The largest absolute Gasteiger partial charge is 0.328 e. The smallest absolute Gasteiger partial charge is 0.227 e. The molecule has 2 unspecified atom stereocenters. The first kappa shape index (κ1) is 21.6. The van der Waals surface area contributed by atoms with Crippen molar-refractivity contribution in [1.29, 1.82) is 0 Å². The summed E-state index contributed by atoms with van der Waals surface area (Å²) < 4.78 is 1.84. The summed E-state index contributed by atoms with van der Waals surface area (Å²) in [6, 6.07) is 17.3. The molecular formula is C25H20ClN5OS2. The maximum atomic E-state index is 13.5. The Morgan fingerprint density at radius 1 is 1.12 bits per heavy atom. The van der Waals surface area contributed by atoms with E-state index in [1.54, 1.807) is 17.5 Å². The molecule has 2 aliphatic rings. The second kappa shape index (κ2) is 9.02. The standard InChI is InChI=1S/C25H20ClN5OS2/c26-17-8-6-15(7-9-17)23-22-19(12-16(13-20(22)32)21-5-3-11-33-21)28-24-29-25(30-31(23)24)34-14-18-4-1-2-10-27-18/h1-11,16,23H,12-14H2,(H,28,29,30). The monoisotopic (exact) mass is 505 g/mol. The number of thioether (sulfide) groups is 1. The predicted molar refractivity (Wildman–Crippen MR) is 135 cm³/mol. The summed E-state index contributed by atoms with van der Waals surface area (Å²) in [4.78, 5) is 23.9. The molecule has 0 fully saturated rings. The van der Waals surface area contributed by atoms with Crippen LogP contribution in [0.15, 0.2) is 82.6 Å². The van der Waals surface area contributed by atoms with Gasteiger partial charge < -0.3 is 5.32 Å². The second-order valence-electron chi connectivity index (χ2n) is 8.29. The number of ketones is 1. The van der Waals surface area contributed by atoms with Crippen molar-refractivity contribution in [2.45, 2.75) is 35.7 Å². The van der Waals surface area contributed by atoms with Gasteiger partial charge in [-0.1, -0.05) is 47.6 Å². The number of rotatable bonds is 5.